The highest BCUT2D eigenvalue weighted by atomic mass is 16.3. The fraction of sp³-hybridized carbons (Fsp3) is 0.667. The van der Waals surface area contributed by atoms with Crippen LogP contribution in [0.4, 0.5) is 0 Å². The molecular formula is C9H16N2O. The van der Waals surface area contributed by atoms with Crippen molar-refractivity contribution in [2.75, 3.05) is 0 Å². The molecule has 0 radical (unpaired) electrons. The summed E-state index contributed by atoms with van der Waals surface area (Å²) in [5, 5.41) is 9.72. The molecular weight excluding hydrogens is 152 g/mol. The van der Waals surface area contributed by atoms with Crippen molar-refractivity contribution in [1.82, 2.24) is 9.55 Å². The Morgan fingerprint density at radius 3 is 2.75 bits per heavy atom. The van der Waals surface area contributed by atoms with Crippen LogP contribution in [0.5, 0.6) is 0 Å². The molecule has 0 amide bonds. The summed E-state index contributed by atoms with van der Waals surface area (Å²) in [7, 11) is 0. The van der Waals surface area contributed by atoms with E-state index in [2.05, 4.69) is 4.98 Å². The van der Waals surface area contributed by atoms with Crippen LogP contribution < -0.4 is 0 Å². The van der Waals surface area contributed by atoms with Crippen LogP contribution >= 0.6 is 0 Å². The van der Waals surface area contributed by atoms with Crippen LogP contribution in [0.2, 0.25) is 0 Å². The predicted octanol–water partition coefficient (Wildman–Crippen LogP) is 1.59. The van der Waals surface area contributed by atoms with Crippen LogP contribution in [0.1, 0.15) is 32.7 Å². The second kappa shape index (κ2) is 3.72. The molecule has 1 atom stereocenters. The first-order valence-electron chi connectivity index (χ1n) is 4.36. The molecule has 0 aliphatic heterocycles. The lowest BCUT2D eigenvalue weighted by molar-refractivity contribution is 0.114. The third-order valence-corrected chi connectivity index (χ3v) is 1.98. The van der Waals surface area contributed by atoms with Gasteiger partial charge in [-0.1, -0.05) is 13.8 Å². The van der Waals surface area contributed by atoms with Crippen molar-refractivity contribution in [3.63, 3.8) is 0 Å². The summed E-state index contributed by atoms with van der Waals surface area (Å²) in [6, 6.07) is 0. The van der Waals surface area contributed by atoms with Crippen molar-refractivity contribution < 1.29 is 5.11 Å². The molecule has 1 rings (SSSR count). The first kappa shape index (κ1) is 9.26. The van der Waals surface area contributed by atoms with Crippen LogP contribution in [0.3, 0.4) is 0 Å². The highest BCUT2D eigenvalue weighted by molar-refractivity contribution is 4.97. The van der Waals surface area contributed by atoms with Gasteiger partial charge in [-0.15, -0.1) is 0 Å². The molecule has 0 saturated heterocycles. The molecule has 1 heterocycles. The molecule has 0 aliphatic carbocycles. The zero-order chi connectivity index (χ0) is 9.14. The molecule has 0 fully saturated rings. The minimum absolute atomic E-state index is 0.220. The zero-order valence-corrected chi connectivity index (χ0v) is 7.86. The second-order valence-electron chi connectivity index (χ2n) is 3.26. The van der Waals surface area contributed by atoms with Gasteiger partial charge in [0.05, 0.1) is 0 Å². The number of hydrogen-bond donors (Lipinski definition) is 1. The van der Waals surface area contributed by atoms with Crippen molar-refractivity contribution in [3.8, 4) is 0 Å². The van der Waals surface area contributed by atoms with Crippen molar-refractivity contribution in [2.24, 2.45) is 5.92 Å². The third-order valence-electron chi connectivity index (χ3n) is 1.98. The van der Waals surface area contributed by atoms with E-state index < -0.39 is 6.10 Å². The minimum atomic E-state index is -0.444. The predicted molar refractivity (Wildman–Crippen MR) is 47.7 cm³/mol. The molecule has 1 N–H and O–H groups in total. The summed E-state index contributed by atoms with van der Waals surface area (Å²) in [5.41, 5.74) is 0. The lowest BCUT2D eigenvalue weighted by Gasteiger charge is -2.14. The average Bonchev–Trinajstić information content (AvgIpc) is 2.49. The van der Waals surface area contributed by atoms with Gasteiger partial charge in [-0.3, -0.25) is 0 Å². The lowest BCUT2D eigenvalue weighted by Crippen LogP contribution is -2.12. The monoisotopic (exact) mass is 168 g/mol. The van der Waals surface area contributed by atoms with Crippen LogP contribution in [-0.4, -0.2) is 14.7 Å². The van der Waals surface area contributed by atoms with Crippen molar-refractivity contribution in [2.45, 2.75) is 33.4 Å². The molecule has 0 aliphatic rings. The van der Waals surface area contributed by atoms with Crippen LogP contribution in [-0.2, 0) is 6.54 Å². The quantitative estimate of drug-likeness (QED) is 0.744. The standard InChI is InChI=1S/C9H16N2O/c1-4-11-6-5-10-9(11)8(12)7(2)3/h5-8,12H,4H2,1-3H3/t8-/m1/s1. The van der Waals surface area contributed by atoms with Crippen molar-refractivity contribution >= 4 is 0 Å². The Labute approximate surface area is 73.1 Å². The molecule has 0 bridgehead atoms. The molecule has 12 heavy (non-hydrogen) atoms. The van der Waals surface area contributed by atoms with Gasteiger partial charge in [-0.25, -0.2) is 4.98 Å². The first-order chi connectivity index (χ1) is 5.66. The molecule has 68 valence electrons. The molecule has 0 spiro atoms. The second-order valence-corrected chi connectivity index (χ2v) is 3.26. The molecule has 1 aromatic heterocycles. The van der Waals surface area contributed by atoms with E-state index in [-0.39, 0.29) is 5.92 Å². The largest absolute Gasteiger partial charge is 0.385 e. The van der Waals surface area contributed by atoms with Crippen LogP contribution in [0, 0.1) is 5.92 Å². The third kappa shape index (κ3) is 1.67. The van der Waals surface area contributed by atoms with Gasteiger partial charge in [0.1, 0.15) is 11.9 Å². The molecule has 0 unspecified atom stereocenters. The van der Waals surface area contributed by atoms with Gasteiger partial charge in [0.15, 0.2) is 0 Å². The Morgan fingerprint density at radius 1 is 1.58 bits per heavy atom. The summed E-state index contributed by atoms with van der Waals surface area (Å²) in [6.45, 7) is 6.87. The Kier molecular flexibility index (Phi) is 2.87. The SMILES string of the molecule is CCn1ccnc1[C@H](O)C(C)C. The van der Waals surface area contributed by atoms with E-state index in [0.29, 0.717) is 0 Å². The minimum Gasteiger partial charge on any atom is -0.385 e. The normalized spacial score (nSPS) is 13.8. The van der Waals surface area contributed by atoms with Crippen LogP contribution in [0.25, 0.3) is 0 Å². The molecule has 0 saturated carbocycles. The topological polar surface area (TPSA) is 38.0 Å². The summed E-state index contributed by atoms with van der Waals surface area (Å²) < 4.78 is 1.96. The number of aromatic nitrogens is 2. The van der Waals surface area contributed by atoms with Gasteiger partial charge in [-0.05, 0) is 12.8 Å². The molecule has 3 nitrogen and oxygen atoms in total. The highest BCUT2D eigenvalue weighted by Gasteiger charge is 2.16. The maximum atomic E-state index is 9.72. The molecule has 1 aromatic rings. The molecule has 3 heteroatoms. The summed E-state index contributed by atoms with van der Waals surface area (Å²) in [4.78, 5) is 4.12. The van der Waals surface area contributed by atoms with E-state index in [1.54, 1.807) is 6.20 Å². The van der Waals surface area contributed by atoms with Gasteiger partial charge in [0.25, 0.3) is 0 Å². The van der Waals surface area contributed by atoms with Gasteiger partial charge in [-0.2, -0.15) is 0 Å². The van der Waals surface area contributed by atoms with Gasteiger partial charge >= 0.3 is 0 Å². The van der Waals surface area contributed by atoms with E-state index >= 15 is 0 Å². The first-order valence-corrected chi connectivity index (χ1v) is 4.36. The van der Waals surface area contributed by atoms with Gasteiger partial charge in [0.2, 0.25) is 0 Å². The fourth-order valence-corrected chi connectivity index (χ4v) is 1.15. The number of aliphatic hydroxyl groups is 1. The van der Waals surface area contributed by atoms with Gasteiger partial charge in [0, 0.05) is 18.9 Å². The summed E-state index contributed by atoms with van der Waals surface area (Å²) in [6.07, 6.45) is 3.17. The smallest absolute Gasteiger partial charge is 0.137 e. The fourth-order valence-electron chi connectivity index (χ4n) is 1.15. The highest BCUT2D eigenvalue weighted by Crippen LogP contribution is 2.19. The number of imidazole rings is 1. The number of nitrogens with zero attached hydrogens (tertiary/aromatic N) is 2. The zero-order valence-electron chi connectivity index (χ0n) is 7.86. The van der Waals surface area contributed by atoms with Crippen molar-refractivity contribution in [1.29, 1.82) is 0 Å². The number of rotatable bonds is 3. The van der Waals surface area contributed by atoms with E-state index in [9.17, 15) is 5.11 Å². The Bertz CT molecular complexity index is 242. The van der Waals surface area contributed by atoms with Crippen LogP contribution in [0.15, 0.2) is 12.4 Å². The van der Waals surface area contributed by atoms with Crippen molar-refractivity contribution in [3.05, 3.63) is 18.2 Å². The number of aliphatic hydroxyl groups excluding tert-OH is 1. The number of aryl methyl sites for hydroxylation is 1. The molecule has 0 aromatic carbocycles. The summed E-state index contributed by atoms with van der Waals surface area (Å²) in [5.74, 6) is 0.991. The van der Waals surface area contributed by atoms with E-state index in [4.69, 9.17) is 0 Å². The van der Waals surface area contributed by atoms with E-state index in [1.807, 2.05) is 31.5 Å². The lowest BCUT2D eigenvalue weighted by atomic mass is 10.1. The Morgan fingerprint density at radius 2 is 2.25 bits per heavy atom. The maximum Gasteiger partial charge on any atom is 0.137 e. The Hall–Kier alpha value is -0.830. The van der Waals surface area contributed by atoms with Gasteiger partial charge < -0.3 is 9.67 Å². The Balaban J connectivity index is 2.86. The van der Waals surface area contributed by atoms with E-state index in [1.165, 1.54) is 0 Å². The maximum absolute atomic E-state index is 9.72. The number of hydrogen-bond acceptors (Lipinski definition) is 2. The summed E-state index contributed by atoms with van der Waals surface area (Å²) >= 11 is 0. The van der Waals surface area contributed by atoms with E-state index in [0.717, 1.165) is 12.4 Å². The average molecular weight is 168 g/mol.